The number of hydrogen-bond acceptors (Lipinski definition) is 3. The fourth-order valence-electron chi connectivity index (χ4n) is 3.08. The van der Waals surface area contributed by atoms with Crippen LogP contribution in [0.15, 0.2) is 42.7 Å². The molecule has 1 saturated carbocycles. The number of hydrogen-bond donors (Lipinski definition) is 2. The van der Waals surface area contributed by atoms with E-state index >= 15 is 0 Å². The van der Waals surface area contributed by atoms with Gasteiger partial charge >= 0.3 is 6.18 Å². The normalized spacial score (nSPS) is 20.0. The van der Waals surface area contributed by atoms with Crippen molar-refractivity contribution in [2.75, 3.05) is 11.5 Å². The van der Waals surface area contributed by atoms with Gasteiger partial charge < -0.3 is 10.3 Å². The summed E-state index contributed by atoms with van der Waals surface area (Å²) < 4.78 is 43.1. The molecule has 3 nitrogen and oxygen atoms in total. The monoisotopic (exact) mass is 399 g/mol. The number of anilines is 1. The Morgan fingerprint density at radius 3 is 2.33 bits per heavy atom. The molecule has 0 radical (unpaired) electrons. The Morgan fingerprint density at radius 1 is 1.15 bits per heavy atom. The minimum atomic E-state index is -4.38. The van der Waals surface area contributed by atoms with E-state index in [1.165, 1.54) is 48.1 Å². The summed E-state index contributed by atoms with van der Waals surface area (Å²) in [4.78, 5) is 0. The zero-order valence-corrected chi connectivity index (χ0v) is 16.6. The SMILES string of the molecule is CCSNC1CCC(C)CC1.Nc1ccc(C(F)(F)F)c(-n2cccc2)c1. The molecule has 0 unspecified atom stereocenters. The van der Waals surface area contributed by atoms with Gasteiger partial charge in [0.15, 0.2) is 0 Å². The van der Waals surface area contributed by atoms with Gasteiger partial charge in [0.2, 0.25) is 0 Å². The van der Waals surface area contributed by atoms with E-state index < -0.39 is 11.7 Å². The Balaban J connectivity index is 0.000000208. The summed E-state index contributed by atoms with van der Waals surface area (Å²) >= 11 is 1.87. The summed E-state index contributed by atoms with van der Waals surface area (Å²) in [7, 11) is 0. The molecule has 0 amide bonds. The van der Waals surface area contributed by atoms with E-state index in [0.717, 1.165) is 18.0 Å². The molecular formula is C20H28F3N3S. The maximum absolute atomic E-state index is 12.7. The van der Waals surface area contributed by atoms with Gasteiger partial charge in [0.05, 0.1) is 11.3 Å². The minimum Gasteiger partial charge on any atom is -0.399 e. The van der Waals surface area contributed by atoms with Crippen LogP contribution < -0.4 is 10.5 Å². The molecule has 0 bridgehead atoms. The van der Waals surface area contributed by atoms with Gasteiger partial charge in [0, 0.05) is 29.9 Å². The molecule has 2 aromatic rings. The molecule has 1 heterocycles. The van der Waals surface area contributed by atoms with Gasteiger partial charge in [-0.05, 0) is 61.9 Å². The first-order valence-corrected chi connectivity index (χ1v) is 10.3. The summed E-state index contributed by atoms with van der Waals surface area (Å²) in [5.41, 5.74) is 5.14. The van der Waals surface area contributed by atoms with Gasteiger partial charge in [-0.2, -0.15) is 13.2 Å². The number of nitrogen functional groups attached to an aromatic ring is 1. The molecule has 0 spiro atoms. The molecule has 3 rings (SSSR count). The molecule has 27 heavy (non-hydrogen) atoms. The minimum absolute atomic E-state index is 0.0394. The molecule has 0 aliphatic heterocycles. The van der Waals surface area contributed by atoms with Crippen LogP contribution >= 0.6 is 11.9 Å². The smallest absolute Gasteiger partial charge is 0.399 e. The Morgan fingerprint density at radius 2 is 1.78 bits per heavy atom. The maximum atomic E-state index is 12.7. The lowest BCUT2D eigenvalue weighted by Crippen LogP contribution is -2.28. The highest BCUT2D eigenvalue weighted by molar-refractivity contribution is 7.97. The molecule has 0 saturated heterocycles. The number of rotatable bonds is 4. The first kappa shape index (κ1) is 21.7. The van der Waals surface area contributed by atoms with Crippen molar-refractivity contribution in [3.63, 3.8) is 0 Å². The van der Waals surface area contributed by atoms with Gasteiger partial charge in [0.25, 0.3) is 0 Å². The van der Waals surface area contributed by atoms with Crippen molar-refractivity contribution in [3.8, 4) is 5.69 Å². The average molecular weight is 400 g/mol. The highest BCUT2D eigenvalue weighted by Gasteiger charge is 2.33. The van der Waals surface area contributed by atoms with E-state index in [2.05, 4.69) is 18.6 Å². The second-order valence-electron chi connectivity index (χ2n) is 6.87. The summed E-state index contributed by atoms with van der Waals surface area (Å²) in [5.74, 6) is 2.16. The van der Waals surface area contributed by atoms with Crippen LogP contribution in [0, 0.1) is 5.92 Å². The second-order valence-corrected chi connectivity index (χ2v) is 7.97. The van der Waals surface area contributed by atoms with E-state index in [4.69, 9.17) is 5.73 Å². The lowest BCUT2D eigenvalue weighted by molar-refractivity contribution is -0.137. The molecule has 1 aromatic carbocycles. The molecule has 7 heteroatoms. The van der Waals surface area contributed by atoms with E-state index in [1.54, 1.807) is 24.5 Å². The summed E-state index contributed by atoms with van der Waals surface area (Å²) in [6.45, 7) is 4.56. The summed E-state index contributed by atoms with van der Waals surface area (Å²) in [6.07, 6.45) is 4.31. The molecule has 1 aromatic heterocycles. The zero-order chi connectivity index (χ0) is 19.9. The lowest BCUT2D eigenvalue weighted by atomic mass is 9.88. The van der Waals surface area contributed by atoms with E-state index in [9.17, 15) is 13.2 Å². The van der Waals surface area contributed by atoms with E-state index in [0.29, 0.717) is 5.69 Å². The number of nitrogens with two attached hydrogens (primary N) is 1. The Hall–Kier alpha value is -1.60. The standard InChI is InChI=1S/C11H9F3N2.C9H19NS/c12-11(13,14)9-4-3-8(15)7-10(9)16-5-1-2-6-16;1-3-11-10-9-6-4-8(2)5-7-9/h1-7H,15H2;8-10H,3-7H2,1-2H3. The number of aromatic nitrogens is 1. The largest absolute Gasteiger partial charge is 0.418 e. The van der Waals surface area contributed by atoms with Crippen molar-refractivity contribution in [2.24, 2.45) is 5.92 Å². The molecule has 150 valence electrons. The topological polar surface area (TPSA) is 43.0 Å². The molecular weight excluding hydrogens is 371 g/mol. The second kappa shape index (κ2) is 10.1. The van der Waals surface area contributed by atoms with Crippen LogP contribution in [0.3, 0.4) is 0 Å². The summed E-state index contributed by atoms with van der Waals surface area (Å²) in [5, 5.41) is 0. The van der Waals surface area contributed by atoms with Crippen LogP contribution in [-0.4, -0.2) is 16.4 Å². The van der Waals surface area contributed by atoms with Crippen LogP contribution in [0.4, 0.5) is 18.9 Å². The van der Waals surface area contributed by atoms with Gasteiger partial charge in [0.1, 0.15) is 0 Å². The van der Waals surface area contributed by atoms with Gasteiger partial charge in [-0.3, -0.25) is 4.72 Å². The maximum Gasteiger partial charge on any atom is 0.418 e. The number of nitrogens with zero attached hydrogens (tertiary/aromatic N) is 1. The third kappa shape index (κ3) is 6.81. The Labute approximate surface area is 163 Å². The third-order valence-corrected chi connectivity index (χ3v) is 5.41. The molecule has 0 atom stereocenters. The van der Waals surface area contributed by atoms with Gasteiger partial charge in [-0.25, -0.2) is 0 Å². The first-order chi connectivity index (χ1) is 12.8. The van der Waals surface area contributed by atoms with Crippen LogP contribution in [0.25, 0.3) is 5.69 Å². The van der Waals surface area contributed by atoms with Crippen LogP contribution in [0.2, 0.25) is 0 Å². The van der Waals surface area contributed by atoms with Crippen LogP contribution in [0.1, 0.15) is 45.1 Å². The quantitative estimate of drug-likeness (QED) is 0.497. The lowest BCUT2D eigenvalue weighted by Gasteiger charge is -2.26. The van der Waals surface area contributed by atoms with Crippen molar-refractivity contribution >= 4 is 17.6 Å². The number of alkyl halides is 3. The van der Waals surface area contributed by atoms with E-state index in [-0.39, 0.29) is 5.69 Å². The van der Waals surface area contributed by atoms with Crippen molar-refractivity contribution in [1.82, 2.24) is 9.29 Å². The fourth-order valence-corrected chi connectivity index (χ4v) is 3.71. The van der Waals surface area contributed by atoms with Gasteiger partial charge in [-0.15, -0.1) is 0 Å². The van der Waals surface area contributed by atoms with Crippen molar-refractivity contribution < 1.29 is 13.2 Å². The predicted octanol–water partition coefficient (Wildman–Crippen LogP) is 5.90. The zero-order valence-electron chi connectivity index (χ0n) is 15.8. The average Bonchev–Trinajstić information content (AvgIpc) is 3.15. The fraction of sp³-hybridized carbons (Fsp3) is 0.500. The van der Waals surface area contributed by atoms with Crippen molar-refractivity contribution in [2.45, 2.75) is 51.7 Å². The third-order valence-electron chi connectivity index (χ3n) is 4.62. The molecule has 3 N–H and O–H groups in total. The molecule has 1 fully saturated rings. The van der Waals surface area contributed by atoms with Crippen molar-refractivity contribution in [1.29, 1.82) is 0 Å². The Kier molecular flexibility index (Phi) is 8.10. The Bertz CT molecular complexity index is 676. The highest BCUT2D eigenvalue weighted by atomic mass is 32.2. The highest BCUT2D eigenvalue weighted by Crippen LogP contribution is 2.34. The van der Waals surface area contributed by atoms with E-state index in [1.807, 2.05) is 11.9 Å². The number of halogens is 3. The number of nitrogens with one attached hydrogen (secondary N) is 1. The first-order valence-electron chi connectivity index (χ1n) is 9.28. The summed E-state index contributed by atoms with van der Waals surface area (Å²) in [6, 6.07) is 7.66. The predicted molar refractivity (Wildman–Crippen MR) is 108 cm³/mol. The van der Waals surface area contributed by atoms with Crippen LogP contribution in [0.5, 0.6) is 0 Å². The molecule has 1 aliphatic rings. The number of benzene rings is 1. The van der Waals surface area contributed by atoms with Crippen molar-refractivity contribution in [3.05, 3.63) is 48.3 Å². The van der Waals surface area contributed by atoms with Crippen LogP contribution in [-0.2, 0) is 6.18 Å². The molecule has 1 aliphatic carbocycles. The van der Waals surface area contributed by atoms with Gasteiger partial charge in [-0.1, -0.05) is 25.8 Å².